The Kier molecular flexibility index (Phi) is 5.99. The average molecular weight is 415 g/mol. The van der Waals surface area contributed by atoms with E-state index < -0.39 is 17.5 Å². The van der Waals surface area contributed by atoms with E-state index in [4.69, 9.17) is 4.74 Å². The highest BCUT2D eigenvalue weighted by Gasteiger charge is 2.55. The molecule has 0 radical (unpaired) electrons. The van der Waals surface area contributed by atoms with E-state index in [1.54, 1.807) is 0 Å². The van der Waals surface area contributed by atoms with Crippen LogP contribution >= 0.6 is 0 Å². The number of hydrogen-bond donors (Lipinski definition) is 1. The predicted octanol–water partition coefficient (Wildman–Crippen LogP) is 4.14. The zero-order chi connectivity index (χ0) is 22.3. The van der Waals surface area contributed by atoms with Crippen molar-refractivity contribution in [1.82, 2.24) is 10.2 Å². The Labute approximate surface area is 179 Å². The summed E-state index contributed by atoms with van der Waals surface area (Å²) < 4.78 is 5.46. The highest BCUT2D eigenvalue weighted by atomic mass is 16.5. The molecule has 2 atom stereocenters. The Balaban J connectivity index is 1.65. The van der Waals surface area contributed by atoms with Crippen LogP contribution in [0.1, 0.15) is 75.6 Å². The molecule has 0 unspecified atom stereocenters. The number of urea groups is 1. The molecule has 3 amide bonds. The smallest absolute Gasteiger partial charge is 0.326 e. The first-order chi connectivity index (χ1) is 14.0. The molecule has 2 fully saturated rings. The van der Waals surface area contributed by atoms with Gasteiger partial charge in [0.2, 0.25) is 0 Å². The van der Waals surface area contributed by atoms with E-state index in [-0.39, 0.29) is 30.4 Å². The topological polar surface area (TPSA) is 75.7 Å². The van der Waals surface area contributed by atoms with E-state index in [1.807, 2.05) is 20.8 Å². The van der Waals surface area contributed by atoms with Crippen LogP contribution in [0.25, 0.3) is 0 Å². The molecule has 164 valence electrons. The third-order valence-electron chi connectivity index (χ3n) is 6.73. The monoisotopic (exact) mass is 414 g/mol. The number of nitrogens with one attached hydrogen (secondary N) is 1. The molecule has 0 aromatic heterocycles. The third kappa shape index (κ3) is 4.09. The van der Waals surface area contributed by atoms with Crippen LogP contribution in [-0.2, 0) is 26.3 Å². The first-order valence-corrected chi connectivity index (χ1v) is 10.9. The van der Waals surface area contributed by atoms with Crippen LogP contribution < -0.4 is 5.32 Å². The number of imide groups is 1. The van der Waals surface area contributed by atoms with E-state index in [9.17, 15) is 14.4 Å². The summed E-state index contributed by atoms with van der Waals surface area (Å²) in [6.07, 6.45) is 3.48. The van der Waals surface area contributed by atoms with Crippen molar-refractivity contribution in [3.05, 3.63) is 34.4 Å². The van der Waals surface area contributed by atoms with Gasteiger partial charge in [-0.15, -0.1) is 0 Å². The summed E-state index contributed by atoms with van der Waals surface area (Å²) in [6.45, 7) is 12.3. The number of carbonyl (C=O) groups is 3. The van der Waals surface area contributed by atoms with Crippen molar-refractivity contribution in [2.75, 3.05) is 6.54 Å². The third-order valence-corrected chi connectivity index (χ3v) is 6.73. The van der Waals surface area contributed by atoms with E-state index in [2.05, 4.69) is 38.2 Å². The minimum Gasteiger partial charge on any atom is -0.459 e. The number of amides is 3. The van der Waals surface area contributed by atoms with Gasteiger partial charge in [0.15, 0.2) is 0 Å². The van der Waals surface area contributed by atoms with Crippen LogP contribution in [0.2, 0.25) is 0 Å². The van der Waals surface area contributed by atoms with Crippen molar-refractivity contribution in [2.45, 2.75) is 84.8 Å². The Morgan fingerprint density at radius 2 is 1.83 bits per heavy atom. The lowest BCUT2D eigenvalue weighted by Gasteiger charge is -2.36. The average Bonchev–Trinajstić information content (AvgIpc) is 2.87. The van der Waals surface area contributed by atoms with Crippen LogP contribution in [0.5, 0.6) is 0 Å². The van der Waals surface area contributed by atoms with Crippen LogP contribution in [0, 0.1) is 19.8 Å². The Morgan fingerprint density at radius 3 is 2.40 bits per heavy atom. The Morgan fingerprint density at radius 1 is 1.20 bits per heavy atom. The second kappa shape index (κ2) is 8.05. The van der Waals surface area contributed by atoms with E-state index in [0.29, 0.717) is 6.42 Å². The van der Waals surface area contributed by atoms with Gasteiger partial charge in [0.05, 0.1) is 0 Å². The molecule has 6 nitrogen and oxygen atoms in total. The van der Waals surface area contributed by atoms with Crippen molar-refractivity contribution in [2.24, 2.45) is 5.92 Å². The molecule has 30 heavy (non-hydrogen) atoms. The lowest BCUT2D eigenvalue weighted by Crippen LogP contribution is -2.54. The molecule has 1 saturated heterocycles. The molecule has 6 heteroatoms. The quantitative estimate of drug-likeness (QED) is 0.593. The normalized spacial score (nSPS) is 24.3. The summed E-state index contributed by atoms with van der Waals surface area (Å²) in [4.78, 5) is 38.9. The zero-order valence-electron chi connectivity index (χ0n) is 19.1. The van der Waals surface area contributed by atoms with Crippen LogP contribution in [0.3, 0.4) is 0 Å². The van der Waals surface area contributed by atoms with Gasteiger partial charge in [0.25, 0.3) is 5.91 Å². The summed E-state index contributed by atoms with van der Waals surface area (Å²) in [7, 11) is 0. The second-order valence-corrected chi connectivity index (χ2v) is 9.94. The fraction of sp³-hybridized carbons (Fsp3) is 0.625. The SMILES string of the molecule is Cc1cc(C(C)(C)C)cc(C)c1COC(=O)CN1C(=O)N[C@]2(CCCC[C@@H]2C)C1=O. The maximum Gasteiger partial charge on any atom is 0.326 e. The van der Waals surface area contributed by atoms with Gasteiger partial charge < -0.3 is 10.1 Å². The number of nitrogens with zero attached hydrogens (tertiary/aromatic N) is 1. The Hall–Kier alpha value is -2.37. The second-order valence-electron chi connectivity index (χ2n) is 9.94. The first kappa shape index (κ1) is 22.3. The first-order valence-electron chi connectivity index (χ1n) is 10.9. The van der Waals surface area contributed by atoms with Crippen molar-refractivity contribution in [3.8, 4) is 0 Å². The number of aryl methyl sites for hydroxylation is 2. The van der Waals surface area contributed by atoms with Gasteiger partial charge in [-0.25, -0.2) is 4.79 Å². The van der Waals surface area contributed by atoms with Gasteiger partial charge in [-0.05, 0) is 60.3 Å². The lowest BCUT2D eigenvalue weighted by molar-refractivity contribution is -0.149. The fourth-order valence-corrected chi connectivity index (χ4v) is 4.62. The molecule has 2 aliphatic rings. The highest BCUT2D eigenvalue weighted by Crippen LogP contribution is 2.38. The van der Waals surface area contributed by atoms with Gasteiger partial charge in [0, 0.05) is 0 Å². The molecule has 1 aromatic carbocycles. The number of esters is 1. The van der Waals surface area contributed by atoms with Crippen molar-refractivity contribution in [1.29, 1.82) is 0 Å². The van der Waals surface area contributed by atoms with Gasteiger partial charge in [-0.3, -0.25) is 14.5 Å². The standard InChI is InChI=1S/C24H34N2O4/c1-15-11-18(23(4,5)6)12-16(2)19(15)14-30-20(27)13-26-21(28)24(25-22(26)29)10-8-7-9-17(24)3/h11-12,17H,7-10,13-14H2,1-6H3,(H,25,29)/t17-,24-/m0/s1. The van der Waals surface area contributed by atoms with Gasteiger partial charge in [0.1, 0.15) is 18.7 Å². The molecule has 1 N–H and O–H groups in total. The molecule has 1 spiro atoms. The number of carbonyl (C=O) groups excluding carboxylic acids is 3. The number of hydrogen-bond acceptors (Lipinski definition) is 4. The van der Waals surface area contributed by atoms with Crippen LogP contribution in [-0.4, -0.2) is 34.9 Å². The minimum atomic E-state index is -0.856. The summed E-state index contributed by atoms with van der Waals surface area (Å²) >= 11 is 0. The molecule has 1 heterocycles. The molecular weight excluding hydrogens is 380 g/mol. The summed E-state index contributed by atoms with van der Waals surface area (Å²) in [6, 6.07) is 3.76. The molecule has 0 bridgehead atoms. The number of benzene rings is 1. The fourth-order valence-electron chi connectivity index (χ4n) is 4.62. The Bertz CT molecular complexity index is 847. The van der Waals surface area contributed by atoms with E-state index in [0.717, 1.165) is 40.9 Å². The highest BCUT2D eigenvalue weighted by molar-refractivity contribution is 6.08. The summed E-state index contributed by atoms with van der Waals surface area (Å²) in [5.41, 5.74) is 3.52. The van der Waals surface area contributed by atoms with Crippen molar-refractivity contribution in [3.63, 3.8) is 0 Å². The zero-order valence-corrected chi connectivity index (χ0v) is 19.1. The summed E-state index contributed by atoms with van der Waals surface area (Å²) in [5.74, 6) is -0.799. The molecule has 1 aromatic rings. The number of rotatable bonds is 4. The van der Waals surface area contributed by atoms with Gasteiger partial charge in [-0.1, -0.05) is 52.7 Å². The maximum absolute atomic E-state index is 13.0. The number of ether oxygens (including phenoxy) is 1. The predicted molar refractivity (Wildman–Crippen MR) is 115 cm³/mol. The van der Waals surface area contributed by atoms with Crippen molar-refractivity contribution < 1.29 is 19.1 Å². The molecule has 1 aliphatic carbocycles. The molecule has 3 rings (SSSR count). The molecule has 1 saturated carbocycles. The molecule has 1 aliphatic heterocycles. The largest absolute Gasteiger partial charge is 0.459 e. The van der Waals surface area contributed by atoms with Gasteiger partial charge >= 0.3 is 12.0 Å². The van der Waals surface area contributed by atoms with Crippen LogP contribution in [0.4, 0.5) is 4.79 Å². The maximum atomic E-state index is 13.0. The van der Waals surface area contributed by atoms with Crippen molar-refractivity contribution >= 4 is 17.9 Å². The van der Waals surface area contributed by atoms with E-state index >= 15 is 0 Å². The van der Waals surface area contributed by atoms with Gasteiger partial charge in [-0.2, -0.15) is 0 Å². The molecular formula is C24H34N2O4. The van der Waals surface area contributed by atoms with E-state index in [1.165, 1.54) is 5.56 Å². The lowest BCUT2D eigenvalue weighted by atomic mass is 9.73. The van der Waals surface area contributed by atoms with Crippen LogP contribution in [0.15, 0.2) is 12.1 Å². The summed E-state index contributed by atoms with van der Waals surface area (Å²) in [5, 5.41) is 2.87. The minimum absolute atomic E-state index is 0.0421.